The summed E-state index contributed by atoms with van der Waals surface area (Å²) in [6, 6.07) is 7.92. The van der Waals surface area contributed by atoms with E-state index >= 15 is 0 Å². The molecule has 3 N–H and O–H groups in total. The summed E-state index contributed by atoms with van der Waals surface area (Å²) in [4.78, 5) is 8.89. The first kappa shape index (κ1) is 16.1. The monoisotopic (exact) mass is 300 g/mol. The number of nitrogen functional groups attached to an aromatic ring is 1. The molecule has 0 unspecified atom stereocenters. The zero-order valence-electron chi connectivity index (χ0n) is 13.5. The van der Waals surface area contributed by atoms with Crippen LogP contribution in [0.4, 0.5) is 11.8 Å². The first-order chi connectivity index (χ1) is 10.7. The molecule has 2 aromatic rings. The number of methoxy groups -OCH3 is 1. The maximum Gasteiger partial charge on any atom is 0.224 e. The smallest absolute Gasteiger partial charge is 0.224 e. The fourth-order valence-electron chi connectivity index (χ4n) is 2.33. The lowest BCUT2D eigenvalue weighted by Gasteiger charge is -2.13. The molecule has 0 atom stereocenters. The van der Waals surface area contributed by atoms with Gasteiger partial charge in [0, 0.05) is 24.2 Å². The quantitative estimate of drug-likeness (QED) is 0.768. The Morgan fingerprint density at radius 1 is 1.23 bits per heavy atom. The number of unbranched alkanes of at least 4 members (excludes halogenated alkanes) is 1. The molecule has 1 heterocycles. The topological polar surface area (TPSA) is 73.1 Å². The van der Waals surface area contributed by atoms with Crippen molar-refractivity contribution in [3.63, 3.8) is 0 Å². The molecule has 5 nitrogen and oxygen atoms in total. The summed E-state index contributed by atoms with van der Waals surface area (Å²) in [5.74, 6) is 1.98. The van der Waals surface area contributed by atoms with Crippen molar-refractivity contribution < 1.29 is 4.74 Å². The highest BCUT2D eigenvalue weighted by atomic mass is 16.5. The number of hydrogen-bond acceptors (Lipinski definition) is 5. The highest BCUT2D eigenvalue weighted by molar-refractivity contribution is 5.50. The first-order valence-electron chi connectivity index (χ1n) is 7.64. The average molecular weight is 300 g/mol. The Bertz CT molecular complexity index is 605. The van der Waals surface area contributed by atoms with Crippen LogP contribution in [0.25, 0.3) is 0 Å². The van der Waals surface area contributed by atoms with E-state index in [9.17, 15) is 0 Å². The molecule has 1 aromatic carbocycles. The number of aryl methyl sites for hydroxylation is 1. The predicted molar refractivity (Wildman–Crippen MR) is 90.4 cm³/mol. The molecule has 0 spiro atoms. The molecule has 0 amide bonds. The van der Waals surface area contributed by atoms with E-state index in [-0.39, 0.29) is 0 Å². The number of ether oxygens (including phenoxy) is 1. The standard InChI is InChI=1S/C17H24N4O/c1-4-5-10-19-17-20-12(2)14(16(18)21-17)11-13-8-6-7-9-15(13)22-3/h6-9H,4-5,10-11H2,1-3H3,(H3,18,19,20,21). The molecule has 0 radical (unpaired) electrons. The first-order valence-corrected chi connectivity index (χ1v) is 7.64. The number of hydrogen-bond donors (Lipinski definition) is 2. The van der Waals surface area contributed by atoms with E-state index in [1.54, 1.807) is 7.11 Å². The number of nitrogens with two attached hydrogens (primary N) is 1. The maximum atomic E-state index is 6.13. The number of para-hydroxylation sites is 1. The molecular formula is C17H24N4O. The second-order valence-corrected chi connectivity index (χ2v) is 5.27. The second kappa shape index (κ2) is 7.64. The fourth-order valence-corrected chi connectivity index (χ4v) is 2.33. The zero-order valence-corrected chi connectivity index (χ0v) is 13.5. The van der Waals surface area contributed by atoms with Crippen LogP contribution in [0, 0.1) is 6.92 Å². The molecule has 5 heteroatoms. The predicted octanol–water partition coefficient (Wildman–Crippen LogP) is 3.18. The van der Waals surface area contributed by atoms with Gasteiger partial charge in [0.05, 0.1) is 7.11 Å². The molecule has 2 rings (SSSR count). The van der Waals surface area contributed by atoms with Gasteiger partial charge in [0.25, 0.3) is 0 Å². The molecule has 0 aliphatic carbocycles. The highest BCUT2D eigenvalue weighted by Gasteiger charge is 2.12. The van der Waals surface area contributed by atoms with Gasteiger partial charge in [0.15, 0.2) is 0 Å². The highest BCUT2D eigenvalue weighted by Crippen LogP contribution is 2.25. The Hall–Kier alpha value is -2.30. The Morgan fingerprint density at radius 3 is 2.68 bits per heavy atom. The van der Waals surface area contributed by atoms with Crippen LogP contribution in [0.2, 0.25) is 0 Å². The number of nitrogens with one attached hydrogen (secondary N) is 1. The number of aromatic nitrogens is 2. The van der Waals surface area contributed by atoms with E-state index in [0.29, 0.717) is 18.2 Å². The second-order valence-electron chi connectivity index (χ2n) is 5.27. The van der Waals surface area contributed by atoms with Crippen molar-refractivity contribution in [1.82, 2.24) is 9.97 Å². The van der Waals surface area contributed by atoms with Crippen molar-refractivity contribution in [3.05, 3.63) is 41.1 Å². The lowest BCUT2D eigenvalue weighted by atomic mass is 10.0. The summed E-state index contributed by atoms with van der Waals surface area (Å²) in [6.45, 7) is 4.98. The molecule has 118 valence electrons. The molecule has 0 aliphatic rings. The molecule has 0 bridgehead atoms. The normalized spacial score (nSPS) is 10.5. The lowest BCUT2D eigenvalue weighted by molar-refractivity contribution is 0.410. The zero-order chi connectivity index (χ0) is 15.9. The van der Waals surface area contributed by atoms with Gasteiger partial charge in [-0.3, -0.25) is 0 Å². The van der Waals surface area contributed by atoms with Gasteiger partial charge in [0.2, 0.25) is 5.95 Å². The SMILES string of the molecule is CCCCNc1nc(C)c(Cc2ccccc2OC)c(N)n1. The third-order valence-electron chi connectivity index (χ3n) is 3.62. The fraction of sp³-hybridized carbons (Fsp3) is 0.412. The maximum absolute atomic E-state index is 6.13. The largest absolute Gasteiger partial charge is 0.496 e. The molecule has 0 saturated heterocycles. The van der Waals surface area contributed by atoms with E-state index < -0.39 is 0 Å². The van der Waals surface area contributed by atoms with Gasteiger partial charge in [0.1, 0.15) is 11.6 Å². The third kappa shape index (κ3) is 3.87. The van der Waals surface area contributed by atoms with Crippen molar-refractivity contribution in [2.45, 2.75) is 33.1 Å². The van der Waals surface area contributed by atoms with Crippen molar-refractivity contribution >= 4 is 11.8 Å². The van der Waals surface area contributed by atoms with Crippen LogP contribution in [-0.4, -0.2) is 23.6 Å². The summed E-state index contributed by atoms with van der Waals surface area (Å²) in [5, 5.41) is 3.21. The average Bonchev–Trinajstić information content (AvgIpc) is 2.51. The molecule has 1 aromatic heterocycles. The number of rotatable bonds is 7. The minimum Gasteiger partial charge on any atom is -0.496 e. The van der Waals surface area contributed by atoms with Crippen molar-refractivity contribution in [2.75, 3.05) is 24.7 Å². The Labute approximate surface area is 131 Å². The third-order valence-corrected chi connectivity index (χ3v) is 3.62. The van der Waals surface area contributed by atoms with Crippen LogP contribution in [-0.2, 0) is 6.42 Å². The van der Waals surface area contributed by atoms with Crippen LogP contribution < -0.4 is 15.8 Å². The van der Waals surface area contributed by atoms with Gasteiger partial charge in [-0.15, -0.1) is 0 Å². The van der Waals surface area contributed by atoms with Crippen LogP contribution in [0.5, 0.6) is 5.75 Å². The van der Waals surface area contributed by atoms with Gasteiger partial charge < -0.3 is 15.8 Å². The summed E-state index contributed by atoms with van der Waals surface area (Å²) >= 11 is 0. The van der Waals surface area contributed by atoms with E-state index in [2.05, 4.69) is 22.2 Å². The molecular weight excluding hydrogens is 276 g/mol. The van der Waals surface area contributed by atoms with E-state index in [1.165, 1.54) is 0 Å². The van der Waals surface area contributed by atoms with Gasteiger partial charge in [-0.2, -0.15) is 4.98 Å². The van der Waals surface area contributed by atoms with E-state index in [4.69, 9.17) is 10.5 Å². The molecule has 0 aliphatic heterocycles. The van der Waals surface area contributed by atoms with E-state index in [1.807, 2.05) is 31.2 Å². The summed E-state index contributed by atoms with van der Waals surface area (Å²) in [7, 11) is 1.67. The van der Waals surface area contributed by atoms with Crippen LogP contribution in [0.3, 0.4) is 0 Å². The van der Waals surface area contributed by atoms with Crippen LogP contribution in [0.1, 0.15) is 36.6 Å². The van der Waals surface area contributed by atoms with Crippen LogP contribution in [0.15, 0.2) is 24.3 Å². The minimum absolute atomic E-state index is 0.525. The molecule has 0 saturated carbocycles. The Morgan fingerprint density at radius 2 is 2.00 bits per heavy atom. The number of nitrogens with zero attached hydrogens (tertiary/aromatic N) is 2. The van der Waals surface area contributed by atoms with Gasteiger partial charge >= 0.3 is 0 Å². The van der Waals surface area contributed by atoms with Gasteiger partial charge in [-0.25, -0.2) is 4.98 Å². The lowest BCUT2D eigenvalue weighted by Crippen LogP contribution is -2.11. The van der Waals surface area contributed by atoms with Crippen molar-refractivity contribution in [2.24, 2.45) is 0 Å². The van der Waals surface area contributed by atoms with Gasteiger partial charge in [-0.05, 0) is 25.0 Å². The van der Waals surface area contributed by atoms with Gasteiger partial charge in [-0.1, -0.05) is 31.5 Å². The number of anilines is 2. The minimum atomic E-state index is 0.525. The van der Waals surface area contributed by atoms with Crippen molar-refractivity contribution in [3.8, 4) is 5.75 Å². The summed E-state index contributed by atoms with van der Waals surface area (Å²) < 4.78 is 5.39. The Balaban J connectivity index is 2.21. The molecule has 0 fully saturated rings. The van der Waals surface area contributed by atoms with Crippen molar-refractivity contribution in [1.29, 1.82) is 0 Å². The van der Waals surface area contributed by atoms with E-state index in [0.717, 1.165) is 42.0 Å². The molecule has 22 heavy (non-hydrogen) atoms. The Kier molecular flexibility index (Phi) is 5.58. The summed E-state index contributed by atoms with van der Waals surface area (Å²) in [6.07, 6.45) is 2.88. The number of benzene rings is 1. The summed E-state index contributed by atoms with van der Waals surface area (Å²) in [5.41, 5.74) is 9.06. The van der Waals surface area contributed by atoms with Crippen LogP contribution >= 0.6 is 0 Å².